The van der Waals surface area contributed by atoms with E-state index in [0.29, 0.717) is 12.2 Å². The van der Waals surface area contributed by atoms with E-state index in [1.54, 1.807) is 14.2 Å². The predicted molar refractivity (Wildman–Crippen MR) is 67.3 cm³/mol. The van der Waals surface area contributed by atoms with Crippen LogP contribution < -0.4 is 0 Å². The van der Waals surface area contributed by atoms with E-state index in [4.69, 9.17) is 18.3 Å². The first kappa shape index (κ1) is 13.5. The molecule has 2 aliphatic heterocycles. The van der Waals surface area contributed by atoms with Crippen molar-refractivity contribution in [1.29, 1.82) is 0 Å². The van der Waals surface area contributed by atoms with Crippen LogP contribution in [0.2, 0.25) is 12.1 Å². The molecule has 5 heteroatoms. The van der Waals surface area contributed by atoms with Crippen LogP contribution in [0.1, 0.15) is 25.7 Å². The van der Waals surface area contributed by atoms with Gasteiger partial charge in [0.1, 0.15) is 0 Å². The Bertz CT molecular complexity index is 205. The zero-order valence-electron chi connectivity index (χ0n) is 10.9. The van der Waals surface area contributed by atoms with Crippen molar-refractivity contribution in [2.24, 2.45) is 0 Å². The van der Waals surface area contributed by atoms with Crippen molar-refractivity contribution in [2.45, 2.75) is 50.0 Å². The molecule has 2 atom stereocenters. The fourth-order valence-corrected chi connectivity index (χ4v) is 5.00. The van der Waals surface area contributed by atoms with Gasteiger partial charge in [-0.2, -0.15) is 0 Å². The molecule has 0 aliphatic carbocycles. The lowest BCUT2D eigenvalue weighted by Crippen LogP contribution is -2.39. The average Bonchev–Trinajstić information content (AvgIpc) is 3.21. The Balaban J connectivity index is 1.65. The van der Waals surface area contributed by atoms with Gasteiger partial charge < -0.3 is 18.3 Å². The minimum atomic E-state index is -1.93. The second-order valence-corrected chi connectivity index (χ2v) is 8.65. The molecule has 17 heavy (non-hydrogen) atoms. The third-order valence-electron chi connectivity index (χ3n) is 3.72. The van der Waals surface area contributed by atoms with Crippen LogP contribution in [0, 0.1) is 0 Å². The maximum absolute atomic E-state index is 5.73. The lowest BCUT2D eigenvalue weighted by atomic mass is 10.3. The Hall–Kier alpha value is 0.0569. The number of rotatable bonds is 10. The topological polar surface area (TPSA) is 43.5 Å². The van der Waals surface area contributed by atoms with Crippen LogP contribution in [0.25, 0.3) is 0 Å². The summed E-state index contributed by atoms with van der Waals surface area (Å²) in [4.78, 5) is 0. The van der Waals surface area contributed by atoms with E-state index in [2.05, 4.69) is 0 Å². The van der Waals surface area contributed by atoms with E-state index in [1.807, 2.05) is 0 Å². The molecule has 4 nitrogen and oxygen atoms in total. The molecule has 2 aliphatic rings. The van der Waals surface area contributed by atoms with Gasteiger partial charge in [0.2, 0.25) is 0 Å². The van der Waals surface area contributed by atoms with Gasteiger partial charge in [-0.05, 0) is 37.8 Å². The van der Waals surface area contributed by atoms with Crippen molar-refractivity contribution in [1.82, 2.24) is 0 Å². The molecule has 0 radical (unpaired) electrons. The summed E-state index contributed by atoms with van der Waals surface area (Å²) < 4.78 is 21.9. The molecular formula is C12H24O4Si. The first-order chi connectivity index (χ1) is 8.28. The summed E-state index contributed by atoms with van der Waals surface area (Å²) in [6.45, 7) is 1.90. The second kappa shape index (κ2) is 6.29. The zero-order chi connectivity index (χ0) is 12.1. The van der Waals surface area contributed by atoms with Gasteiger partial charge in [-0.25, -0.2) is 0 Å². The highest BCUT2D eigenvalue weighted by Crippen LogP contribution is 2.27. The Morgan fingerprint density at radius 3 is 1.65 bits per heavy atom. The highest BCUT2D eigenvalue weighted by molar-refractivity contribution is 6.67. The molecule has 2 unspecified atom stereocenters. The molecule has 0 bridgehead atoms. The molecule has 100 valence electrons. The number of epoxide rings is 2. The lowest BCUT2D eigenvalue weighted by Gasteiger charge is -2.27. The molecule has 0 aromatic heterocycles. The molecule has 2 saturated heterocycles. The summed E-state index contributed by atoms with van der Waals surface area (Å²) in [7, 11) is 1.67. The second-order valence-electron chi connectivity index (χ2n) is 5.01. The maximum Gasteiger partial charge on any atom is 0.337 e. The van der Waals surface area contributed by atoms with Gasteiger partial charge >= 0.3 is 8.56 Å². The van der Waals surface area contributed by atoms with Crippen LogP contribution >= 0.6 is 0 Å². The monoisotopic (exact) mass is 260 g/mol. The minimum absolute atomic E-state index is 0.523. The standard InChI is InChI=1S/C12H24O4Si/c1-13-17(14-2,7-3-5-11-9-15-11)8-4-6-12-10-16-12/h11-12H,3-10H2,1-2H3. The fourth-order valence-electron chi connectivity index (χ4n) is 2.28. The Labute approximate surface area is 105 Å². The number of hydrogen-bond acceptors (Lipinski definition) is 4. The molecule has 2 heterocycles. The van der Waals surface area contributed by atoms with E-state index in [1.165, 1.54) is 12.8 Å². The van der Waals surface area contributed by atoms with Crippen molar-refractivity contribution in [3.05, 3.63) is 0 Å². The average molecular weight is 260 g/mol. The van der Waals surface area contributed by atoms with Crippen LogP contribution in [0.15, 0.2) is 0 Å². The van der Waals surface area contributed by atoms with Crippen LogP contribution in [0.4, 0.5) is 0 Å². The molecule has 0 amide bonds. The summed E-state index contributed by atoms with van der Waals surface area (Å²) in [6.07, 6.45) is 5.70. The van der Waals surface area contributed by atoms with Crippen LogP contribution in [-0.4, -0.2) is 48.2 Å². The summed E-state index contributed by atoms with van der Waals surface area (Å²) >= 11 is 0. The predicted octanol–water partition coefficient (Wildman–Crippen LogP) is 2.08. The highest BCUT2D eigenvalue weighted by atomic mass is 28.4. The molecule has 2 rings (SSSR count). The Kier molecular flexibility index (Phi) is 4.99. The van der Waals surface area contributed by atoms with Crippen molar-refractivity contribution < 1.29 is 18.3 Å². The SMILES string of the molecule is CO[Si](CCCC1CO1)(CCCC1CO1)OC. The summed E-state index contributed by atoms with van der Waals surface area (Å²) in [5, 5.41) is 0. The van der Waals surface area contributed by atoms with Crippen molar-refractivity contribution in [3.63, 3.8) is 0 Å². The van der Waals surface area contributed by atoms with Crippen molar-refractivity contribution in [2.75, 3.05) is 27.4 Å². The first-order valence-electron chi connectivity index (χ1n) is 6.61. The quantitative estimate of drug-likeness (QED) is 0.445. The molecule has 0 N–H and O–H groups in total. The third kappa shape index (κ3) is 4.67. The molecule has 0 saturated carbocycles. The van der Waals surface area contributed by atoms with Gasteiger partial charge in [-0.3, -0.25) is 0 Å². The summed E-state index contributed by atoms with van der Waals surface area (Å²) in [6, 6.07) is 2.18. The van der Waals surface area contributed by atoms with Crippen molar-refractivity contribution >= 4 is 8.56 Å². The maximum atomic E-state index is 5.73. The highest BCUT2D eigenvalue weighted by Gasteiger charge is 2.36. The number of hydrogen-bond donors (Lipinski definition) is 0. The Morgan fingerprint density at radius 2 is 1.35 bits per heavy atom. The van der Waals surface area contributed by atoms with Crippen LogP contribution in [-0.2, 0) is 18.3 Å². The molecular weight excluding hydrogens is 236 g/mol. The van der Waals surface area contributed by atoms with E-state index < -0.39 is 8.56 Å². The van der Waals surface area contributed by atoms with Gasteiger partial charge in [-0.1, -0.05) is 0 Å². The van der Waals surface area contributed by atoms with E-state index in [0.717, 1.165) is 38.1 Å². The van der Waals surface area contributed by atoms with Crippen molar-refractivity contribution in [3.8, 4) is 0 Å². The van der Waals surface area contributed by atoms with Crippen LogP contribution in [0.5, 0.6) is 0 Å². The van der Waals surface area contributed by atoms with Gasteiger partial charge in [0.05, 0.1) is 25.4 Å². The van der Waals surface area contributed by atoms with Gasteiger partial charge in [0.25, 0.3) is 0 Å². The smallest absolute Gasteiger partial charge is 0.337 e. The molecule has 0 aromatic rings. The summed E-state index contributed by atoms with van der Waals surface area (Å²) in [5.74, 6) is 0. The van der Waals surface area contributed by atoms with E-state index in [9.17, 15) is 0 Å². The normalized spacial score (nSPS) is 27.2. The lowest BCUT2D eigenvalue weighted by molar-refractivity contribution is 0.237. The minimum Gasteiger partial charge on any atom is -0.398 e. The summed E-state index contributed by atoms with van der Waals surface area (Å²) in [5.41, 5.74) is 0. The number of ether oxygens (including phenoxy) is 2. The van der Waals surface area contributed by atoms with Gasteiger partial charge in [0, 0.05) is 14.2 Å². The third-order valence-corrected chi connectivity index (χ3v) is 7.44. The largest absolute Gasteiger partial charge is 0.398 e. The van der Waals surface area contributed by atoms with E-state index >= 15 is 0 Å². The van der Waals surface area contributed by atoms with E-state index in [-0.39, 0.29) is 0 Å². The Morgan fingerprint density at radius 1 is 0.941 bits per heavy atom. The molecule has 0 spiro atoms. The van der Waals surface area contributed by atoms with Gasteiger partial charge in [-0.15, -0.1) is 0 Å². The van der Waals surface area contributed by atoms with Gasteiger partial charge in [0.15, 0.2) is 0 Å². The first-order valence-corrected chi connectivity index (χ1v) is 8.84. The van der Waals surface area contributed by atoms with Crippen LogP contribution in [0.3, 0.4) is 0 Å². The molecule has 0 aromatic carbocycles. The fraction of sp³-hybridized carbons (Fsp3) is 1.00. The zero-order valence-corrected chi connectivity index (χ0v) is 11.9. The molecule has 2 fully saturated rings.